The van der Waals surface area contributed by atoms with Gasteiger partial charge < -0.3 is 10.6 Å². The minimum atomic E-state index is 0.126. The number of hydrogen-bond acceptors (Lipinski definition) is 2. The lowest BCUT2D eigenvalue weighted by molar-refractivity contribution is -0.121. The molecule has 1 aromatic rings. The molecule has 1 amide bonds. The molecule has 0 heterocycles. The standard InChI is InChI=1S/C15H24N2O/c1-4-10-17-15(18)9-11-16-13(3)14-8-6-5-7-12(14)2/h5-8,13,16H,4,9-11H2,1-3H3,(H,17,18). The highest BCUT2D eigenvalue weighted by molar-refractivity contribution is 5.75. The van der Waals surface area contributed by atoms with Gasteiger partial charge in [-0.15, -0.1) is 0 Å². The highest BCUT2D eigenvalue weighted by Crippen LogP contribution is 2.16. The number of hydrogen-bond donors (Lipinski definition) is 2. The van der Waals surface area contributed by atoms with Crippen molar-refractivity contribution in [2.45, 2.75) is 39.7 Å². The third kappa shape index (κ3) is 4.88. The van der Waals surface area contributed by atoms with Crippen LogP contribution in [0, 0.1) is 6.92 Å². The van der Waals surface area contributed by atoms with E-state index in [1.54, 1.807) is 0 Å². The van der Waals surface area contributed by atoms with E-state index in [0.717, 1.165) is 13.0 Å². The van der Waals surface area contributed by atoms with E-state index in [1.165, 1.54) is 11.1 Å². The van der Waals surface area contributed by atoms with Crippen molar-refractivity contribution in [3.05, 3.63) is 35.4 Å². The zero-order valence-electron chi connectivity index (χ0n) is 11.6. The van der Waals surface area contributed by atoms with Gasteiger partial charge in [-0.25, -0.2) is 0 Å². The molecule has 0 radical (unpaired) electrons. The van der Waals surface area contributed by atoms with Crippen molar-refractivity contribution in [1.82, 2.24) is 10.6 Å². The summed E-state index contributed by atoms with van der Waals surface area (Å²) < 4.78 is 0. The molecule has 3 nitrogen and oxygen atoms in total. The summed E-state index contributed by atoms with van der Waals surface area (Å²) in [6, 6.07) is 8.62. The third-order valence-corrected chi connectivity index (χ3v) is 3.03. The first-order valence-electron chi connectivity index (χ1n) is 6.70. The molecule has 1 aromatic carbocycles. The first-order valence-corrected chi connectivity index (χ1v) is 6.70. The summed E-state index contributed by atoms with van der Waals surface area (Å²) >= 11 is 0. The molecule has 1 atom stereocenters. The van der Waals surface area contributed by atoms with Gasteiger partial charge in [-0.2, -0.15) is 0 Å². The molecule has 0 saturated heterocycles. The summed E-state index contributed by atoms with van der Waals surface area (Å²) in [5.74, 6) is 0.126. The van der Waals surface area contributed by atoms with Gasteiger partial charge in [0.05, 0.1) is 0 Å². The van der Waals surface area contributed by atoms with Gasteiger partial charge in [0.15, 0.2) is 0 Å². The van der Waals surface area contributed by atoms with Crippen LogP contribution in [0.25, 0.3) is 0 Å². The van der Waals surface area contributed by atoms with Crippen LogP contribution in [0.4, 0.5) is 0 Å². The van der Waals surface area contributed by atoms with Crippen LogP contribution in [-0.4, -0.2) is 19.0 Å². The lowest BCUT2D eigenvalue weighted by atomic mass is 10.0. The van der Waals surface area contributed by atoms with Gasteiger partial charge in [0.2, 0.25) is 5.91 Å². The summed E-state index contributed by atoms with van der Waals surface area (Å²) in [4.78, 5) is 11.4. The molecule has 0 saturated carbocycles. The van der Waals surface area contributed by atoms with Crippen LogP contribution in [0.2, 0.25) is 0 Å². The van der Waals surface area contributed by atoms with Crippen molar-refractivity contribution >= 4 is 5.91 Å². The molecule has 3 heteroatoms. The van der Waals surface area contributed by atoms with Crippen molar-refractivity contribution < 1.29 is 4.79 Å². The third-order valence-electron chi connectivity index (χ3n) is 3.03. The number of aryl methyl sites for hydroxylation is 1. The molecule has 0 aliphatic carbocycles. The molecule has 0 fully saturated rings. The molecule has 0 aromatic heterocycles. The van der Waals surface area contributed by atoms with E-state index in [9.17, 15) is 4.79 Å². The monoisotopic (exact) mass is 248 g/mol. The number of nitrogens with one attached hydrogen (secondary N) is 2. The number of benzene rings is 1. The Bertz CT molecular complexity index is 377. The summed E-state index contributed by atoms with van der Waals surface area (Å²) in [7, 11) is 0. The molecule has 0 aliphatic heterocycles. The van der Waals surface area contributed by atoms with Crippen molar-refractivity contribution in [1.29, 1.82) is 0 Å². The fourth-order valence-electron chi connectivity index (χ4n) is 1.94. The van der Waals surface area contributed by atoms with Crippen LogP contribution in [0.15, 0.2) is 24.3 Å². The summed E-state index contributed by atoms with van der Waals surface area (Å²) in [6.45, 7) is 7.78. The van der Waals surface area contributed by atoms with Crippen LogP contribution in [0.1, 0.15) is 43.9 Å². The van der Waals surface area contributed by atoms with E-state index >= 15 is 0 Å². The fraction of sp³-hybridized carbons (Fsp3) is 0.533. The van der Waals surface area contributed by atoms with Gasteiger partial charge in [-0.3, -0.25) is 4.79 Å². The van der Waals surface area contributed by atoms with Gasteiger partial charge in [-0.05, 0) is 31.4 Å². The molecular weight excluding hydrogens is 224 g/mol. The van der Waals surface area contributed by atoms with Crippen molar-refractivity contribution in [3.63, 3.8) is 0 Å². The Morgan fingerprint density at radius 1 is 1.28 bits per heavy atom. The first-order chi connectivity index (χ1) is 8.65. The van der Waals surface area contributed by atoms with Gasteiger partial charge >= 0.3 is 0 Å². The average molecular weight is 248 g/mol. The van der Waals surface area contributed by atoms with E-state index in [4.69, 9.17) is 0 Å². The lowest BCUT2D eigenvalue weighted by Gasteiger charge is -2.16. The minimum absolute atomic E-state index is 0.126. The first kappa shape index (κ1) is 14.7. The highest BCUT2D eigenvalue weighted by Gasteiger charge is 2.07. The lowest BCUT2D eigenvalue weighted by Crippen LogP contribution is -2.29. The molecular formula is C15H24N2O. The zero-order chi connectivity index (χ0) is 13.4. The second-order valence-corrected chi connectivity index (χ2v) is 4.63. The minimum Gasteiger partial charge on any atom is -0.356 e. The second kappa shape index (κ2) is 7.88. The van der Waals surface area contributed by atoms with Gasteiger partial charge in [-0.1, -0.05) is 31.2 Å². The normalized spacial score (nSPS) is 12.2. The quantitative estimate of drug-likeness (QED) is 0.778. The predicted molar refractivity (Wildman–Crippen MR) is 75.5 cm³/mol. The summed E-state index contributed by atoms with van der Waals surface area (Å²) in [5.41, 5.74) is 2.58. The largest absolute Gasteiger partial charge is 0.356 e. The molecule has 0 bridgehead atoms. The van der Waals surface area contributed by atoms with E-state index in [-0.39, 0.29) is 11.9 Å². The Morgan fingerprint density at radius 3 is 2.67 bits per heavy atom. The van der Waals surface area contributed by atoms with Crippen molar-refractivity contribution in [2.24, 2.45) is 0 Å². The molecule has 100 valence electrons. The average Bonchev–Trinajstić information content (AvgIpc) is 2.36. The van der Waals surface area contributed by atoms with Crippen LogP contribution in [-0.2, 0) is 4.79 Å². The number of carbonyl (C=O) groups excluding carboxylic acids is 1. The number of carbonyl (C=O) groups is 1. The Morgan fingerprint density at radius 2 is 2.00 bits per heavy atom. The smallest absolute Gasteiger partial charge is 0.221 e. The van der Waals surface area contributed by atoms with Gasteiger partial charge in [0, 0.05) is 25.6 Å². The van der Waals surface area contributed by atoms with E-state index in [0.29, 0.717) is 13.0 Å². The van der Waals surface area contributed by atoms with Crippen molar-refractivity contribution in [2.75, 3.05) is 13.1 Å². The van der Waals surface area contributed by atoms with Crippen LogP contribution < -0.4 is 10.6 Å². The highest BCUT2D eigenvalue weighted by atomic mass is 16.1. The Hall–Kier alpha value is -1.35. The molecule has 18 heavy (non-hydrogen) atoms. The zero-order valence-corrected chi connectivity index (χ0v) is 11.6. The maximum atomic E-state index is 11.4. The fourth-order valence-corrected chi connectivity index (χ4v) is 1.94. The van der Waals surface area contributed by atoms with Gasteiger partial charge in [0.25, 0.3) is 0 Å². The van der Waals surface area contributed by atoms with Crippen LogP contribution in [0.5, 0.6) is 0 Å². The molecule has 0 aliphatic rings. The second-order valence-electron chi connectivity index (χ2n) is 4.63. The molecule has 1 rings (SSSR count). The van der Waals surface area contributed by atoms with Crippen LogP contribution >= 0.6 is 0 Å². The topological polar surface area (TPSA) is 41.1 Å². The Kier molecular flexibility index (Phi) is 6.44. The van der Waals surface area contributed by atoms with E-state index < -0.39 is 0 Å². The summed E-state index contributed by atoms with van der Waals surface area (Å²) in [6.07, 6.45) is 1.52. The van der Waals surface area contributed by atoms with E-state index in [2.05, 4.69) is 49.6 Å². The van der Waals surface area contributed by atoms with Crippen molar-refractivity contribution in [3.8, 4) is 0 Å². The predicted octanol–water partition coefficient (Wildman–Crippen LogP) is 2.56. The summed E-state index contributed by atoms with van der Waals surface area (Å²) in [5, 5.41) is 6.26. The SMILES string of the molecule is CCCNC(=O)CCNC(C)c1ccccc1C. The Labute approximate surface area is 110 Å². The molecule has 1 unspecified atom stereocenters. The van der Waals surface area contributed by atoms with Crippen LogP contribution in [0.3, 0.4) is 0 Å². The Balaban J connectivity index is 2.31. The van der Waals surface area contributed by atoms with E-state index in [1.807, 2.05) is 6.07 Å². The maximum absolute atomic E-state index is 11.4. The number of amides is 1. The maximum Gasteiger partial charge on any atom is 0.221 e. The van der Waals surface area contributed by atoms with Gasteiger partial charge in [0.1, 0.15) is 0 Å². The number of rotatable bonds is 7. The molecule has 0 spiro atoms. The molecule has 2 N–H and O–H groups in total.